The Kier molecular flexibility index (Phi) is 5.19. The summed E-state index contributed by atoms with van der Waals surface area (Å²) in [6.07, 6.45) is 5.76. The predicted molar refractivity (Wildman–Crippen MR) is 93.7 cm³/mol. The van der Waals surface area contributed by atoms with Crippen LogP contribution < -0.4 is 5.73 Å². The van der Waals surface area contributed by atoms with E-state index in [1.807, 2.05) is 42.5 Å². The van der Waals surface area contributed by atoms with E-state index < -0.39 is 0 Å². The van der Waals surface area contributed by atoms with Crippen LogP contribution in [0.5, 0.6) is 0 Å². The molecule has 0 aromatic heterocycles. The van der Waals surface area contributed by atoms with Gasteiger partial charge in [0, 0.05) is 13.1 Å². The monoisotopic (exact) mass is 341 g/mol. The fourth-order valence-corrected chi connectivity index (χ4v) is 3.27. The average molecular weight is 341 g/mol. The SMILES string of the molecule is NC(=O)C1C=C2CCN(C(=O)N(O)CCc3ccccc3)CC2=CC1. The van der Waals surface area contributed by atoms with Crippen LogP contribution in [0.3, 0.4) is 0 Å². The van der Waals surface area contributed by atoms with E-state index in [2.05, 4.69) is 0 Å². The van der Waals surface area contributed by atoms with E-state index >= 15 is 0 Å². The molecule has 1 aromatic carbocycles. The van der Waals surface area contributed by atoms with Gasteiger partial charge >= 0.3 is 6.03 Å². The van der Waals surface area contributed by atoms with Crippen LogP contribution in [0.15, 0.2) is 53.6 Å². The summed E-state index contributed by atoms with van der Waals surface area (Å²) in [5.41, 5.74) is 8.58. The molecule has 25 heavy (non-hydrogen) atoms. The molecular formula is C19H23N3O3. The van der Waals surface area contributed by atoms with Crippen LogP contribution in [0.4, 0.5) is 4.79 Å². The highest BCUT2D eigenvalue weighted by Gasteiger charge is 2.28. The smallest absolute Gasteiger partial charge is 0.344 e. The molecule has 1 aliphatic carbocycles. The van der Waals surface area contributed by atoms with Crippen molar-refractivity contribution in [3.63, 3.8) is 0 Å². The van der Waals surface area contributed by atoms with Crippen molar-refractivity contribution in [1.82, 2.24) is 9.96 Å². The first-order valence-electron chi connectivity index (χ1n) is 8.53. The molecule has 0 radical (unpaired) electrons. The summed E-state index contributed by atoms with van der Waals surface area (Å²) in [4.78, 5) is 25.4. The summed E-state index contributed by atoms with van der Waals surface area (Å²) in [5.74, 6) is -0.565. The fourth-order valence-electron chi connectivity index (χ4n) is 3.27. The number of likely N-dealkylation sites (tertiary alicyclic amines) is 1. The maximum absolute atomic E-state index is 12.4. The first kappa shape index (κ1) is 17.2. The summed E-state index contributed by atoms with van der Waals surface area (Å²) >= 11 is 0. The van der Waals surface area contributed by atoms with E-state index in [1.165, 1.54) is 0 Å². The number of hydrogen-bond donors (Lipinski definition) is 2. The van der Waals surface area contributed by atoms with Crippen molar-refractivity contribution in [3.05, 3.63) is 59.2 Å². The van der Waals surface area contributed by atoms with Crippen molar-refractivity contribution in [3.8, 4) is 0 Å². The Hall–Kier alpha value is -2.60. The van der Waals surface area contributed by atoms with Crippen molar-refractivity contribution >= 4 is 11.9 Å². The molecule has 6 nitrogen and oxygen atoms in total. The number of piperidine rings is 1. The van der Waals surface area contributed by atoms with E-state index in [0.717, 1.165) is 21.8 Å². The molecule has 2 aliphatic rings. The standard InChI is InChI=1S/C19H23N3O3/c20-18(23)16-6-7-17-13-21(10-9-15(17)12-16)19(24)22(25)11-8-14-4-2-1-3-5-14/h1-5,7,12,16,25H,6,8-11,13H2,(H2,20,23). The molecule has 1 unspecified atom stereocenters. The van der Waals surface area contributed by atoms with Gasteiger partial charge in [0.15, 0.2) is 0 Å². The Labute approximate surface area is 147 Å². The van der Waals surface area contributed by atoms with Crippen molar-refractivity contribution in [1.29, 1.82) is 0 Å². The zero-order valence-corrected chi connectivity index (χ0v) is 14.1. The predicted octanol–water partition coefficient (Wildman–Crippen LogP) is 2.10. The lowest BCUT2D eigenvalue weighted by molar-refractivity contribution is -0.120. The first-order chi connectivity index (χ1) is 12.0. The highest BCUT2D eigenvalue weighted by Crippen LogP contribution is 2.30. The van der Waals surface area contributed by atoms with Gasteiger partial charge in [-0.15, -0.1) is 0 Å². The maximum atomic E-state index is 12.4. The van der Waals surface area contributed by atoms with Crippen LogP contribution >= 0.6 is 0 Å². The third-order valence-electron chi connectivity index (χ3n) is 4.76. The van der Waals surface area contributed by atoms with Gasteiger partial charge in [-0.3, -0.25) is 10.0 Å². The van der Waals surface area contributed by atoms with E-state index in [4.69, 9.17) is 5.73 Å². The van der Waals surface area contributed by atoms with Crippen molar-refractivity contribution in [2.45, 2.75) is 19.3 Å². The number of nitrogens with two attached hydrogens (primary N) is 1. The molecule has 1 saturated heterocycles. The van der Waals surface area contributed by atoms with Crippen LogP contribution in [0.2, 0.25) is 0 Å². The van der Waals surface area contributed by atoms with Crippen LogP contribution in [0, 0.1) is 5.92 Å². The van der Waals surface area contributed by atoms with Crippen molar-refractivity contribution < 1.29 is 14.8 Å². The third kappa shape index (κ3) is 4.09. The topological polar surface area (TPSA) is 86.9 Å². The summed E-state index contributed by atoms with van der Waals surface area (Å²) in [5, 5.41) is 10.9. The number of benzene rings is 1. The van der Waals surface area contributed by atoms with E-state index in [9.17, 15) is 14.8 Å². The van der Waals surface area contributed by atoms with Gasteiger partial charge in [-0.1, -0.05) is 42.5 Å². The Morgan fingerprint density at radius 1 is 1.24 bits per heavy atom. The fraction of sp³-hybridized carbons (Fsp3) is 0.368. The first-order valence-corrected chi connectivity index (χ1v) is 8.53. The van der Waals surface area contributed by atoms with Gasteiger partial charge in [-0.2, -0.15) is 0 Å². The van der Waals surface area contributed by atoms with Gasteiger partial charge in [-0.05, 0) is 36.0 Å². The molecule has 0 saturated carbocycles. The van der Waals surface area contributed by atoms with Crippen molar-refractivity contribution in [2.24, 2.45) is 11.7 Å². The molecule has 132 valence electrons. The lowest BCUT2D eigenvalue weighted by Gasteiger charge is -2.34. The lowest BCUT2D eigenvalue weighted by Crippen LogP contribution is -2.46. The molecule has 6 heteroatoms. The van der Waals surface area contributed by atoms with Crippen LogP contribution in [0.1, 0.15) is 18.4 Å². The number of carbonyl (C=O) groups excluding carboxylic acids is 2. The second kappa shape index (κ2) is 7.53. The summed E-state index contributed by atoms with van der Waals surface area (Å²) in [7, 11) is 0. The number of urea groups is 1. The zero-order valence-electron chi connectivity index (χ0n) is 14.1. The molecule has 0 spiro atoms. The quantitative estimate of drug-likeness (QED) is 0.649. The zero-order chi connectivity index (χ0) is 17.8. The largest absolute Gasteiger partial charge is 0.369 e. The number of hydroxylamine groups is 2. The molecular weight excluding hydrogens is 318 g/mol. The Morgan fingerprint density at radius 3 is 2.72 bits per heavy atom. The minimum absolute atomic E-state index is 0.249. The normalized spacial score (nSPS) is 19.6. The molecule has 1 aromatic rings. The van der Waals surface area contributed by atoms with Gasteiger partial charge in [0.2, 0.25) is 5.91 Å². The Balaban J connectivity index is 1.56. The second-order valence-corrected chi connectivity index (χ2v) is 6.48. The average Bonchev–Trinajstić information content (AvgIpc) is 2.65. The van der Waals surface area contributed by atoms with Crippen LogP contribution in [-0.4, -0.2) is 46.7 Å². The third-order valence-corrected chi connectivity index (χ3v) is 4.76. The number of amides is 3. The molecule has 3 N–H and O–H groups in total. The van der Waals surface area contributed by atoms with Gasteiger partial charge in [0.1, 0.15) is 0 Å². The minimum atomic E-state index is -0.382. The maximum Gasteiger partial charge on any atom is 0.344 e. The summed E-state index contributed by atoms with van der Waals surface area (Å²) < 4.78 is 0. The van der Waals surface area contributed by atoms with E-state index in [-0.39, 0.29) is 24.4 Å². The van der Waals surface area contributed by atoms with Gasteiger partial charge in [0.25, 0.3) is 0 Å². The molecule has 1 atom stereocenters. The van der Waals surface area contributed by atoms with Crippen LogP contribution in [-0.2, 0) is 11.2 Å². The molecule has 0 bridgehead atoms. The van der Waals surface area contributed by atoms with Gasteiger partial charge < -0.3 is 10.6 Å². The minimum Gasteiger partial charge on any atom is -0.369 e. The molecule has 3 rings (SSSR count). The number of allylic oxidation sites excluding steroid dienone is 1. The highest BCUT2D eigenvalue weighted by atomic mass is 16.5. The summed E-state index contributed by atoms with van der Waals surface area (Å²) in [6.45, 7) is 1.24. The van der Waals surface area contributed by atoms with Crippen molar-refractivity contribution in [2.75, 3.05) is 19.6 Å². The number of carbonyl (C=O) groups is 2. The Bertz CT molecular complexity index is 712. The Morgan fingerprint density at radius 2 is 2.00 bits per heavy atom. The lowest BCUT2D eigenvalue weighted by atomic mass is 9.86. The molecule has 1 fully saturated rings. The van der Waals surface area contributed by atoms with Crippen LogP contribution in [0.25, 0.3) is 0 Å². The number of primary amides is 1. The van der Waals surface area contributed by atoms with E-state index in [1.54, 1.807) is 4.90 Å². The summed E-state index contributed by atoms with van der Waals surface area (Å²) in [6, 6.07) is 9.37. The van der Waals surface area contributed by atoms with Gasteiger partial charge in [0.05, 0.1) is 12.5 Å². The van der Waals surface area contributed by atoms with E-state index in [0.29, 0.717) is 32.4 Å². The number of hydrogen-bond acceptors (Lipinski definition) is 3. The number of rotatable bonds is 4. The molecule has 3 amide bonds. The molecule has 1 aliphatic heterocycles. The highest BCUT2D eigenvalue weighted by molar-refractivity contribution is 5.80. The second-order valence-electron chi connectivity index (χ2n) is 6.48. The number of fused-ring (bicyclic) bond motifs is 1. The molecule has 1 heterocycles. The van der Waals surface area contributed by atoms with Gasteiger partial charge in [-0.25, -0.2) is 9.86 Å². The number of nitrogens with zero attached hydrogens (tertiary/aromatic N) is 2.